The summed E-state index contributed by atoms with van der Waals surface area (Å²) in [4.78, 5) is 0. The molecule has 0 atom stereocenters. The van der Waals surface area contributed by atoms with Gasteiger partial charge < -0.3 is 0 Å². The Balaban J connectivity index is 0. The van der Waals surface area contributed by atoms with E-state index in [1.54, 1.807) is 0 Å². The van der Waals surface area contributed by atoms with E-state index < -0.39 is 9.29 Å². The summed E-state index contributed by atoms with van der Waals surface area (Å²) >= 11 is 0.333. The van der Waals surface area contributed by atoms with Crippen molar-refractivity contribution in [2.45, 2.75) is 0 Å². The molecule has 5 heavy (non-hydrogen) atoms. The van der Waals surface area contributed by atoms with Crippen molar-refractivity contribution in [2.75, 3.05) is 0 Å². The Kier molecular flexibility index (Phi) is 49.7. The number of rotatable bonds is 0. The van der Waals surface area contributed by atoms with Crippen LogP contribution in [0.5, 0.6) is 0 Å². The fourth-order valence-corrected chi connectivity index (χ4v) is 0. The maximum atomic E-state index is 8.40. The fraction of sp³-hybridized carbons (Fsp3) is 0. The molecule has 0 unspecified atom stereocenters. The molecule has 0 aromatic rings. The maximum absolute atomic E-state index is 8.40. The Morgan fingerprint density at radius 1 is 1.20 bits per heavy atom. The van der Waals surface area contributed by atoms with Gasteiger partial charge in [0.25, 0.3) is 0 Å². The summed E-state index contributed by atoms with van der Waals surface area (Å²) in [5.74, 6) is 0. The van der Waals surface area contributed by atoms with Crippen molar-refractivity contribution in [3.8, 4) is 0 Å². The second kappa shape index (κ2) is 27.6. The first-order valence-corrected chi connectivity index (χ1v) is 2.59. The van der Waals surface area contributed by atoms with E-state index in [4.69, 9.17) is 12.3 Å². The van der Waals surface area contributed by atoms with Crippen LogP contribution in [0.25, 0.3) is 0 Å². The van der Waals surface area contributed by atoms with Gasteiger partial charge in [-0.2, -0.15) is 0 Å². The molecule has 0 N–H and O–H groups in total. The van der Waals surface area contributed by atoms with Gasteiger partial charge in [0.1, 0.15) is 0 Å². The van der Waals surface area contributed by atoms with Gasteiger partial charge >= 0.3 is 32.5 Å². The number of hydrogen-bond donors (Lipinski definition) is 0. The Labute approximate surface area is 41.9 Å². The van der Waals surface area contributed by atoms with Crippen molar-refractivity contribution >= 4 is 9.29 Å². The Hall–Kier alpha value is 0.305. The molecule has 0 radical (unpaired) electrons. The normalized spacial score (nSPS) is 2.40. The molecule has 0 fully saturated rings. The van der Waals surface area contributed by atoms with Gasteiger partial charge in [-0.05, 0) is 0 Å². The summed E-state index contributed by atoms with van der Waals surface area (Å²) in [6.07, 6.45) is 0. The minimum atomic E-state index is -1.42. The molecule has 0 aromatic carbocycles. The first-order valence-electron chi connectivity index (χ1n) is 0.575. The van der Waals surface area contributed by atoms with Crippen molar-refractivity contribution in [1.82, 2.24) is 0 Å². The van der Waals surface area contributed by atoms with E-state index in [0.717, 1.165) is 0 Å². The predicted octanol–water partition coefficient (Wildman–Crippen LogP) is -0.740. The van der Waals surface area contributed by atoms with Crippen molar-refractivity contribution in [3.63, 3.8) is 0 Å². The zero-order chi connectivity index (χ0) is 4.71. The molecule has 5 heteroatoms. The SMILES string of the molecule is O=[Si]=O.[O]=[W]. The van der Waals surface area contributed by atoms with Crippen LogP contribution in [0.1, 0.15) is 0 Å². The van der Waals surface area contributed by atoms with Gasteiger partial charge in [0.05, 0.1) is 0 Å². The molecule has 0 amide bonds. The third kappa shape index (κ3) is 246. The van der Waals surface area contributed by atoms with E-state index >= 15 is 0 Å². The van der Waals surface area contributed by atoms with Gasteiger partial charge in [0.15, 0.2) is 0 Å². The van der Waals surface area contributed by atoms with Crippen LogP contribution >= 0.6 is 0 Å². The molecule has 0 aliphatic carbocycles. The molecule has 0 saturated carbocycles. The standard InChI is InChI=1S/O2Si.O.W/c1-3-2;;. The van der Waals surface area contributed by atoms with Crippen molar-refractivity contribution in [2.24, 2.45) is 0 Å². The van der Waals surface area contributed by atoms with Gasteiger partial charge in [-0.15, -0.1) is 0 Å². The molecule has 28 valence electrons. The van der Waals surface area contributed by atoms with E-state index in [-0.39, 0.29) is 0 Å². The Morgan fingerprint density at radius 3 is 1.20 bits per heavy atom. The molecule has 3 nitrogen and oxygen atoms in total. The average molecular weight is 260 g/mol. The van der Waals surface area contributed by atoms with E-state index in [1.165, 1.54) is 0 Å². The quantitative estimate of drug-likeness (QED) is 0.539. The summed E-state index contributed by atoms with van der Waals surface area (Å²) < 4.78 is 25.1. The number of hydrogen-bond acceptors (Lipinski definition) is 3. The van der Waals surface area contributed by atoms with Crippen molar-refractivity contribution in [1.29, 1.82) is 0 Å². The summed E-state index contributed by atoms with van der Waals surface area (Å²) in [7, 11) is -1.42. The van der Waals surface area contributed by atoms with Crippen LogP contribution in [0, 0.1) is 0 Å². The van der Waals surface area contributed by atoms with E-state index in [0.29, 0.717) is 19.8 Å². The molecular weight excluding hydrogens is 260 g/mol. The van der Waals surface area contributed by atoms with E-state index in [9.17, 15) is 0 Å². The fourth-order valence-electron chi connectivity index (χ4n) is 0. The first-order chi connectivity index (χ1) is 2.41. The monoisotopic (exact) mass is 260 g/mol. The molecule has 0 spiro atoms. The molecule has 0 aliphatic heterocycles. The second-order valence-corrected chi connectivity index (χ2v) is 0.250. The predicted molar refractivity (Wildman–Crippen MR) is 7.81 cm³/mol. The van der Waals surface area contributed by atoms with E-state index in [2.05, 4.69) is 0 Å². The molecular formula is O3SiW. The van der Waals surface area contributed by atoms with Gasteiger partial charge in [-0.1, -0.05) is 0 Å². The van der Waals surface area contributed by atoms with Gasteiger partial charge in [-0.25, -0.2) is 0 Å². The molecule has 0 heterocycles. The van der Waals surface area contributed by atoms with Crippen LogP contribution in [0.2, 0.25) is 0 Å². The van der Waals surface area contributed by atoms with E-state index in [1.807, 2.05) is 0 Å². The molecule has 0 bridgehead atoms. The van der Waals surface area contributed by atoms with Crippen molar-refractivity contribution < 1.29 is 32.1 Å². The molecule has 0 aliphatic rings. The zero-order valence-electron chi connectivity index (χ0n) is 2.13. The van der Waals surface area contributed by atoms with Gasteiger partial charge in [0, 0.05) is 0 Å². The van der Waals surface area contributed by atoms with Crippen LogP contribution in [0.3, 0.4) is 0 Å². The molecule has 0 aromatic heterocycles. The summed E-state index contributed by atoms with van der Waals surface area (Å²) in [5.41, 5.74) is 0. The topological polar surface area (TPSA) is 51.2 Å². The van der Waals surface area contributed by atoms with Crippen LogP contribution < -0.4 is 0 Å². The van der Waals surface area contributed by atoms with Crippen LogP contribution in [-0.4, -0.2) is 9.29 Å². The first kappa shape index (κ1) is 9.00. The van der Waals surface area contributed by atoms with Crippen molar-refractivity contribution in [3.05, 3.63) is 0 Å². The summed E-state index contributed by atoms with van der Waals surface area (Å²) in [6.45, 7) is 0. The summed E-state index contributed by atoms with van der Waals surface area (Å²) in [5, 5.41) is 0. The minimum absolute atomic E-state index is 0.333. The summed E-state index contributed by atoms with van der Waals surface area (Å²) in [6, 6.07) is 0. The zero-order valence-corrected chi connectivity index (χ0v) is 6.07. The van der Waals surface area contributed by atoms with Crippen LogP contribution in [0.4, 0.5) is 0 Å². The third-order valence-electron chi connectivity index (χ3n) is 0. The van der Waals surface area contributed by atoms with Crippen LogP contribution in [0.15, 0.2) is 0 Å². The Morgan fingerprint density at radius 2 is 1.20 bits per heavy atom. The molecule has 0 saturated heterocycles. The van der Waals surface area contributed by atoms with Crippen LogP contribution in [-0.2, 0) is 32.1 Å². The Bertz CT molecular complexity index is 36.2. The third-order valence-corrected chi connectivity index (χ3v) is 0. The molecule has 0 rings (SSSR count). The van der Waals surface area contributed by atoms with Gasteiger partial charge in [0.2, 0.25) is 0 Å². The second-order valence-electron chi connectivity index (χ2n) is 0.0833. The average Bonchev–Trinajstić information content (AvgIpc) is 1.46. The van der Waals surface area contributed by atoms with Gasteiger partial charge in [-0.3, -0.25) is 8.92 Å².